The van der Waals surface area contributed by atoms with Crippen molar-refractivity contribution >= 4 is 12.4 Å². The van der Waals surface area contributed by atoms with Crippen molar-refractivity contribution in [3.63, 3.8) is 0 Å². The van der Waals surface area contributed by atoms with Gasteiger partial charge in [-0.3, -0.25) is 4.90 Å². The first-order valence-corrected chi connectivity index (χ1v) is 5.23. The van der Waals surface area contributed by atoms with Crippen LogP contribution in [0.15, 0.2) is 12.1 Å². The Kier molecular flexibility index (Phi) is 5.24. The first-order valence-electron chi connectivity index (χ1n) is 5.23. The van der Waals surface area contributed by atoms with Gasteiger partial charge in [0.2, 0.25) is 0 Å². The van der Waals surface area contributed by atoms with E-state index in [1.807, 2.05) is 0 Å². The zero-order valence-corrected chi connectivity index (χ0v) is 10.00. The molecule has 2 rings (SSSR count). The van der Waals surface area contributed by atoms with Gasteiger partial charge in [0.25, 0.3) is 0 Å². The molecule has 0 radical (unpaired) electrons. The molecule has 0 amide bonds. The highest BCUT2D eigenvalue weighted by atomic mass is 35.5. The molecule has 0 aliphatic carbocycles. The summed E-state index contributed by atoms with van der Waals surface area (Å²) in [5.74, 6) is -3.64. The van der Waals surface area contributed by atoms with Crippen LogP contribution in [0.25, 0.3) is 0 Å². The topological polar surface area (TPSA) is 15.3 Å². The summed E-state index contributed by atoms with van der Waals surface area (Å²) in [4.78, 5) is 2.07. The number of hydrogen-bond donors (Lipinski definition) is 1. The van der Waals surface area contributed by atoms with E-state index in [9.17, 15) is 13.2 Å². The Labute approximate surface area is 104 Å². The van der Waals surface area contributed by atoms with E-state index in [0.717, 1.165) is 38.3 Å². The molecule has 0 aromatic heterocycles. The highest BCUT2D eigenvalue weighted by Crippen LogP contribution is 2.15. The van der Waals surface area contributed by atoms with Crippen LogP contribution in [0.4, 0.5) is 13.2 Å². The molecule has 6 heteroatoms. The number of nitrogens with zero attached hydrogens (tertiary/aromatic N) is 1. The van der Waals surface area contributed by atoms with E-state index in [1.165, 1.54) is 0 Å². The molecule has 0 spiro atoms. The van der Waals surface area contributed by atoms with Gasteiger partial charge in [-0.25, -0.2) is 13.2 Å². The fraction of sp³-hybridized carbons (Fsp3) is 0.455. The van der Waals surface area contributed by atoms with Crippen molar-refractivity contribution in [3.05, 3.63) is 35.1 Å². The average molecular weight is 267 g/mol. The van der Waals surface area contributed by atoms with Gasteiger partial charge in [-0.05, 0) is 17.7 Å². The summed E-state index contributed by atoms with van der Waals surface area (Å²) in [6.45, 7) is 3.86. The minimum atomic E-state index is -1.40. The van der Waals surface area contributed by atoms with Crippen LogP contribution in [0, 0.1) is 17.5 Å². The second-order valence-electron chi connectivity index (χ2n) is 3.90. The van der Waals surface area contributed by atoms with Gasteiger partial charge < -0.3 is 5.32 Å². The van der Waals surface area contributed by atoms with Crippen molar-refractivity contribution in [3.8, 4) is 0 Å². The van der Waals surface area contributed by atoms with Crippen LogP contribution in [-0.4, -0.2) is 31.1 Å². The zero-order valence-electron chi connectivity index (χ0n) is 9.18. The van der Waals surface area contributed by atoms with Crippen LogP contribution in [0.3, 0.4) is 0 Å². The summed E-state index contributed by atoms with van der Waals surface area (Å²) in [6.07, 6.45) is 0. The molecule has 0 bridgehead atoms. The van der Waals surface area contributed by atoms with Crippen LogP contribution in [0.2, 0.25) is 0 Å². The summed E-state index contributed by atoms with van der Waals surface area (Å²) in [7, 11) is 0. The molecular formula is C11H14ClF3N2. The molecule has 1 N–H and O–H groups in total. The number of piperazine rings is 1. The van der Waals surface area contributed by atoms with E-state index in [0.29, 0.717) is 12.1 Å². The van der Waals surface area contributed by atoms with Crippen LogP contribution in [0.1, 0.15) is 5.56 Å². The maximum absolute atomic E-state index is 12.9. The minimum Gasteiger partial charge on any atom is -0.314 e. The second kappa shape index (κ2) is 6.23. The molecule has 1 aromatic carbocycles. The number of halogens is 4. The average Bonchev–Trinajstić information content (AvgIpc) is 2.27. The SMILES string of the molecule is Cl.Fc1cc(CN2CCNCC2)cc(F)c1F. The molecule has 0 saturated carbocycles. The van der Waals surface area contributed by atoms with Gasteiger partial charge in [0.05, 0.1) is 0 Å². The van der Waals surface area contributed by atoms with Gasteiger partial charge in [-0.2, -0.15) is 0 Å². The van der Waals surface area contributed by atoms with E-state index >= 15 is 0 Å². The van der Waals surface area contributed by atoms with E-state index in [-0.39, 0.29) is 12.4 Å². The maximum Gasteiger partial charge on any atom is 0.194 e. The number of hydrogen-bond acceptors (Lipinski definition) is 2. The van der Waals surface area contributed by atoms with Gasteiger partial charge >= 0.3 is 0 Å². The summed E-state index contributed by atoms with van der Waals surface area (Å²) in [5, 5.41) is 3.18. The van der Waals surface area contributed by atoms with Gasteiger partial charge in [0.1, 0.15) is 0 Å². The predicted molar refractivity (Wildman–Crippen MR) is 61.7 cm³/mol. The van der Waals surface area contributed by atoms with Crippen molar-refractivity contribution < 1.29 is 13.2 Å². The third kappa shape index (κ3) is 3.59. The lowest BCUT2D eigenvalue weighted by Crippen LogP contribution is -2.42. The smallest absolute Gasteiger partial charge is 0.194 e. The van der Waals surface area contributed by atoms with E-state index in [1.54, 1.807) is 0 Å². The number of rotatable bonds is 2. The molecule has 1 aliphatic rings. The van der Waals surface area contributed by atoms with E-state index < -0.39 is 17.5 Å². The first kappa shape index (κ1) is 14.3. The zero-order chi connectivity index (χ0) is 11.5. The summed E-state index contributed by atoms with van der Waals surface area (Å²) >= 11 is 0. The first-order chi connectivity index (χ1) is 7.66. The molecule has 1 heterocycles. The Morgan fingerprint density at radius 1 is 1.06 bits per heavy atom. The minimum absolute atomic E-state index is 0. The van der Waals surface area contributed by atoms with Gasteiger partial charge in [0, 0.05) is 32.7 Å². The highest BCUT2D eigenvalue weighted by Gasteiger charge is 2.14. The van der Waals surface area contributed by atoms with Gasteiger partial charge in [0.15, 0.2) is 17.5 Å². The van der Waals surface area contributed by atoms with E-state index in [4.69, 9.17) is 0 Å². The molecule has 0 unspecified atom stereocenters. The number of benzene rings is 1. The predicted octanol–water partition coefficient (Wildman–Crippen LogP) is 1.93. The summed E-state index contributed by atoms with van der Waals surface area (Å²) < 4.78 is 38.6. The fourth-order valence-corrected chi connectivity index (χ4v) is 1.83. The molecule has 1 saturated heterocycles. The Morgan fingerprint density at radius 2 is 1.59 bits per heavy atom. The molecule has 1 aromatic rings. The van der Waals surface area contributed by atoms with E-state index in [2.05, 4.69) is 10.2 Å². The van der Waals surface area contributed by atoms with Crippen molar-refractivity contribution in [2.45, 2.75) is 6.54 Å². The lowest BCUT2D eigenvalue weighted by Gasteiger charge is -2.27. The lowest BCUT2D eigenvalue weighted by atomic mass is 10.2. The Morgan fingerprint density at radius 3 is 2.12 bits per heavy atom. The largest absolute Gasteiger partial charge is 0.314 e. The maximum atomic E-state index is 12.9. The molecular weight excluding hydrogens is 253 g/mol. The van der Waals surface area contributed by atoms with Crippen LogP contribution in [-0.2, 0) is 6.54 Å². The van der Waals surface area contributed by atoms with Crippen LogP contribution in [0.5, 0.6) is 0 Å². The van der Waals surface area contributed by atoms with Gasteiger partial charge in [-0.15, -0.1) is 12.4 Å². The Bertz CT molecular complexity index is 358. The van der Waals surface area contributed by atoms with Crippen LogP contribution < -0.4 is 5.32 Å². The standard InChI is InChI=1S/C11H13F3N2.ClH/c12-9-5-8(6-10(13)11(9)14)7-16-3-1-15-2-4-16;/h5-6,15H,1-4,7H2;1H. The quantitative estimate of drug-likeness (QED) is 0.823. The van der Waals surface area contributed by atoms with Crippen molar-refractivity contribution in [1.29, 1.82) is 0 Å². The molecule has 0 atom stereocenters. The molecule has 1 fully saturated rings. The fourth-order valence-electron chi connectivity index (χ4n) is 1.83. The van der Waals surface area contributed by atoms with Crippen molar-refractivity contribution in [2.75, 3.05) is 26.2 Å². The lowest BCUT2D eigenvalue weighted by molar-refractivity contribution is 0.232. The molecule has 96 valence electrons. The number of nitrogens with one attached hydrogen (secondary N) is 1. The highest BCUT2D eigenvalue weighted by molar-refractivity contribution is 5.85. The third-order valence-electron chi connectivity index (χ3n) is 2.66. The monoisotopic (exact) mass is 266 g/mol. The van der Waals surface area contributed by atoms with Crippen molar-refractivity contribution in [2.24, 2.45) is 0 Å². The molecule has 17 heavy (non-hydrogen) atoms. The summed E-state index contributed by atoms with van der Waals surface area (Å²) in [6, 6.07) is 2.11. The second-order valence-corrected chi connectivity index (χ2v) is 3.90. The van der Waals surface area contributed by atoms with Crippen LogP contribution >= 0.6 is 12.4 Å². The molecule has 2 nitrogen and oxygen atoms in total. The normalized spacial score (nSPS) is 16.6. The Balaban J connectivity index is 0.00000144. The van der Waals surface area contributed by atoms with Crippen molar-refractivity contribution in [1.82, 2.24) is 10.2 Å². The van der Waals surface area contributed by atoms with Gasteiger partial charge in [-0.1, -0.05) is 0 Å². The molecule has 1 aliphatic heterocycles. The Hall–Kier alpha value is -0.780. The summed E-state index contributed by atoms with van der Waals surface area (Å²) in [5.41, 5.74) is 0.471. The third-order valence-corrected chi connectivity index (χ3v) is 2.66.